The fourth-order valence-electron chi connectivity index (χ4n) is 2.38. The van der Waals surface area contributed by atoms with Crippen LogP contribution in [0.1, 0.15) is 18.5 Å². The summed E-state index contributed by atoms with van der Waals surface area (Å²) in [5.41, 5.74) is 1.43. The quantitative estimate of drug-likeness (QED) is 0.804. The lowest BCUT2D eigenvalue weighted by Crippen LogP contribution is -2.31. The van der Waals surface area contributed by atoms with Crippen molar-refractivity contribution in [3.8, 4) is 17.2 Å². The molecule has 6 nitrogen and oxygen atoms in total. The Morgan fingerprint density at radius 3 is 2.20 bits per heavy atom. The summed E-state index contributed by atoms with van der Waals surface area (Å²) in [5.74, 6) is 1.38. The van der Waals surface area contributed by atoms with E-state index in [-0.39, 0.29) is 12.1 Å². The van der Waals surface area contributed by atoms with Gasteiger partial charge < -0.3 is 24.8 Å². The summed E-state index contributed by atoms with van der Waals surface area (Å²) in [4.78, 5) is 12.3. The van der Waals surface area contributed by atoms with Gasteiger partial charge in [-0.25, -0.2) is 4.79 Å². The fraction of sp³-hybridized carbons (Fsp3) is 0.278. The minimum Gasteiger partial charge on any atom is -0.493 e. The average molecular weight is 365 g/mol. The summed E-state index contributed by atoms with van der Waals surface area (Å²) in [7, 11) is 4.55. The highest BCUT2D eigenvalue weighted by molar-refractivity contribution is 6.30. The van der Waals surface area contributed by atoms with Gasteiger partial charge in [0.1, 0.15) is 0 Å². The number of ether oxygens (including phenoxy) is 3. The number of methoxy groups -OCH3 is 3. The van der Waals surface area contributed by atoms with E-state index in [1.54, 1.807) is 18.2 Å². The van der Waals surface area contributed by atoms with Gasteiger partial charge in [0, 0.05) is 17.2 Å². The van der Waals surface area contributed by atoms with Crippen LogP contribution in [-0.4, -0.2) is 27.4 Å². The third kappa shape index (κ3) is 4.70. The van der Waals surface area contributed by atoms with Gasteiger partial charge >= 0.3 is 6.03 Å². The molecular formula is C18H21ClN2O4. The minimum atomic E-state index is -0.359. The fourth-order valence-corrected chi connectivity index (χ4v) is 2.58. The van der Waals surface area contributed by atoms with Gasteiger partial charge in [-0.15, -0.1) is 0 Å². The lowest BCUT2D eigenvalue weighted by Gasteiger charge is -2.17. The molecule has 1 atom stereocenters. The van der Waals surface area contributed by atoms with Gasteiger partial charge in [0.15, 0.2) is 11.5 Å². The summed E-state index contributed by atoms with van der Waals surface area (Å²) in [6, 6.07) is 10.1. The third-order valence-electron chi connectivity index (χ3n) is 3.62. The van der Waals surface area contributed by atoms with Crippen molar-refractivity contribution in [2.45, 2.75) is 13.0 Å². The highest BCUT2D eigenvalue weighted by Crippen LogP contribution is 2.39. The Morgan fingerprint density at radius 1 is 1.04 bits per heavy atom. The molecule has 0 aliphatic carbocycles. The van der Waals surface area contributed by atoms with E-state index in [1.807, 2.05) is 25.1 Å². The largest absolute Gasteiger partial charge is 0.493 e. The number of carbonyl (C=O) groups excluding carboxylic acids is 1. The lowest BCUT2D eigenvalue weighted by atomic mass is 10.1. The van der Waals surface area contributed by atoms with Crippen molar-refractivity contribution in [1.82, 2.24) is 5.32 Å². The number of carbonyl (C=O) groups is 1. The molecular weight excluding hydrogens is 344 g/mol. The van der Waals surface area contributed by atoms with E-state index in [0.717, 1.165) is 5.56 Å². The van der Waals surface area contributed by atoms with Crippen LogP contribution in [0.25, 0.3) is 0 Å². The molecule has 0 saturated heterocycles. The van der Waals surface area contributed by atoms with Gasteiger partial charge in [-0.1, -0.05) is 23.7 Å². The Balaban J connectivity index is 2.12. The molecule has 0 aliphatic rings. The van der Waals surface area contributed by atoms with Crippen molar-refractivity contribution in [2.75, 3.05) is 26.6 Å². The minimum absolute atomic E-state index is 0.208. The second-order valence-corrected chi connectivity index (χ2v) is 5.73. The molecule has 0 aliphatic heterocycles. The van der Waals surface area contributed by atoms with Crippen LogP contribution in [0.3, 0.4) is 0 Å². The molecule has 2 rings (SSSR count). The van der Waals surface area contributed by atoms with Crippen molar-refractivity contribution in [1.29, 1.82) is 0 Å². The average Bonchev–Trinajstić information content (AvgIpc) is 2.60. The van der Waals surface area contributed by atoms with Gasteiger partial charge in [0.25, 0.3) is 0 Å². The van der Waals surface area contributed by atoms with Crippen LogP contribution in [0.5, 0.6) is 17.2 Å². The molecule has 0 saturated carbocycles. The molecule has 0 bridgehead atoms. The Hall–Kier alpha value is -2.60. The number of benzene rings is 2. The van der Waals surface area contributed by atoms with Crippen molar-refractivity contribution < 1.29 is 19.0 Å². The predicted octanol–water partition coefficient (Wildman–Crippen LogP) is 4.25. The monoisotopic (exact) mass is 364 g/mol. The Morgan fingerprint density at radius 2 is 1.68 bits per heavy atom. The van der Waals surface area contributed by atoms with E-state index in [4.69, 9.17) is 25.8 Å². The van der Waals surface area contributed by atoms with Gasteiger partial charge in [-0.3, -0.25) is 0 Å². The maximum absolute atomic E-state index is 12.3. The smallest absolute Gasteiger partial charge is 0.319 e. The van der Waals surface area contributed by atoms with Crippen LogP contribution in [0.4, 0.5) is 10.5 Å². The maximum atomic E-state index is 12.3. The first-order chi connectivity index (χ1) is 12.0. The standard InChI is InChI=1S/C18H21ClN2O4/c1-11(12-6-5-7-13(19)8-12)20-18(22)21-14-9-15(23-2)17(25-4)16(10-14)24-3/h5-11H,1-4H3,(H2,20,21,22)/t11-/m1/s1. The zero-order valence-electron chi connectivity index (χ0n) is 14.6. The normalized spacial score (nSPS) is 11.4. The first-order valence-corrected chi connectivity index (χ1v) is 7.99. The second-order valence-electron chi connectivity index (χ2n) is 5.29. The summed E-state index contributed by atoms with van der Waals surface area (Å²) in [6.45, 7) is 1.88. The van der Waals surface area contributed by atoms with E-state index in [1.165, 1.54) is 21.3 Å². The predicted molar refractivity (Wildman–Crippen MR) is 98.1 cm³/mol. The number of hydrogen-bond acceptors (Lipinski definition) is 4. The molecule has 0 fully saturated rings. The molecule has 2 aromatic rings. The van der Waals surface area contributed by atoms with Crippen LogP contribution in [0, 0.1) is 0 Å². The molecule has 0 radical (unpaired) electrons. The highest BCUT2D eigenvalue weighted by atomic mass is 35.5. The molecule has 0 heterocycles. The topological polar surface area (TPSA) is 68.8 Å². The van der Waals surface area contributed by atoms with Gasteiger partial charge in [-0.05, 0) is 24.6 Å². The summed E-state index contributed by atoms with van der Waals surface area (Å²) >= 11 is 5.98. The van der Waals surface area contributed by atoms with Crippen LogP contribution >= 0.6 is 11.6 Å². The van der Waals surface area contributed by atoms with E-state index in [2.05, 4.69) is 10.6 Å². The first kappa shape index (κ1) is 18.7. The molecule has 7 heteroatoms. The van der Waals surface area contributed by atoms with Crippen LogP contribution < -0.4 is 24.8 Å². The molecule has 0 spiro atoms. The zero-order valence-corrected chi connectivity index (χ0v) is 15.3. The van der Waals surface area contributed by atoms with Crippen LogP contribution in [0.15, 0.2) is 36.4 Å². The van der Waals surface area contributed by atoms with Crippen molar-refractivity contribution in [3.05, 3.63) is 47.0 Å². The van der Waals surface area contributed by atoms with E-state index in [0.29, 0.717) is 28.0 Å². The Labute approximate surface area is 152 Å². The molecule has 2 N–H and O–H groups in total. The molecule has 134 valence electrons. The number of hydrogen-bond donors (Lipinski definition) is 2. The van der Waals surface area contributed by atoms with E-state index >= 15 is 0 Å². The zero-order chi connectivity index (χ0) is 18.4. The lowest BCUT2D eigenvalue weighted by molar-refractivity contribution is 0.249. The number of rotatable bonds is 6. The first-order valence-electron chi connectivity index (χ1n) is 7.61. The molecule has 2 aromatic carbocycles. The second kappa shape index (κ2) is 8.48. The molecule has 25 heavy (non-hydrogen) atoms. The van der Waals surface area contributed by atoms with Crippen LogP contribution in [0.2, 0.25) is 5.02 Å². The van der Waals surface area contributed by atoms with Gasteiger partial charge in [0.2, 0.25) is 5.75 Å². The van der Waals surface area contributed by atoms with Crippen molar-refractivity contribution in [2.24, 2.45) is 0 Å². The summed E-state index contributed by atoms with van der Waals surface area (Å²) in [5, 5.41) is 6.23. The highest BCUT2D eigenvalue weighted by Gasteiger charge is 2.15. The van der Waals surface area contributed by atoms with E-state index < -0.39 is 0 Å². The number of halogens is 1. The summed E-state index contributed by atoms with van der Waals surface area (Å²) < 4.78 is 15.8. The maximum Gasteiger partial charge on any atom is 0.319 e. The molecule has 0 aromatic heterocycles. The number of anilines is 1. The summed E-state index contributed by atoms with van der Waals surface area (Å²) in [6.07, 6.45) is 0. The van der Waals surface area contributed by atoms with Gasteiger partial charge in [-0.2, -0.15) is 0 Å². The Bertz CT molecular complexity index is 727. The molecule has 2 amide bonds. The SMILES string of the molecule is COc1cc(NC(=O)N[C@H](C)c2cccc(Cl)c2)cc(OC)c1OC. The number of nitrogens with one attached hydrogen (secondary N) is 2. The number of amides is 2. The number of urea groups is 1. The van der Waals surface area contributed by atoms with Crippen molar-refractivity contribution >= 4 is 23.3 Å². The van der Waals surface area contributed by atoms with Crippen LogP contribution in [-0.2, 0) is 0 Å². The van der Waals surface area contributed by atoms with Gasteiger partial charge in [0.05, 0.1) is 33.1 Å². The third-order valence-corrected chi connectivity index (χ3v) is 3.85. The molecule has 0 unspecified atom stereocenters. The van der Waals surface area contributed by atoms with Crippen molar-refractivity contribution in [3.63, 3.8) is 0 Å². The van der Waals surface area contributed by atoms with E-state index in [9.17, 15) is 4.79 Å². The Kier molecular flexibility index (Phi) is 6.36.